The van der Waals surface area contributed by atoms with Crippen LogP contribution in [0.3, 0.4) is 0 Å². The molecule has 110 valence electrons. The summed E-state index contributed by atoms with van der Waals surface area (Å²) in [5.74, 6) is 1.63. The Bertz CT molecular complexity index is 439. The number of rotatable bonds is 9. The van der Waals surface area contributed by atoms with E-state index >= 15 is 0 Å². The molecule has 0 radical (unpaired) electrons. The third-order valence-corrected chi connectivity index (χ3v) is 3.39. The first-order chi connectivity index (χ1) is 9.83. The smallest absolute Gasteiger partial charge is 0.161 e. The molecule has 0 aliphatic heterocycles. The fourth-order valence-electron chi connectivity index (χ4n) is 2.10. The van der Waals surface area contributed by atoms with Crippen LogP contribution < -0.4 is 14.8 Å². The average molecular weight is 275 g/mol. The SMILES string of the molecule is CC=Cc1ccc(OCCCCNC2CC2)c(OC)c1. The number of hydrogen-bond acceptors (Lipinski definition) is 3. The zero-order valence-corrected chi connectivity index (χ0v) is 12.5. The van der Waals surface area contributed by atoms with Crippen LogP contribution in [0.2, 0.25) is 0 Å². The topological polar surface area (TPSA) is 30.5 Å². The minimum atomic E-state index is 0.742. The molecule has 1 saturated carbocycles. The van der Waals surface area contributed by atoms with Crippen molar-refractivity contribution < 1.29 is 9.47 Å². The van der Waals surface area contributed by atoms with Gasteiger partial charge in [-0.15, -0.1) is 0 Å². The first-order valence-corrected chi connectivity index (χ1v) is 7.50. The first-order valence-electron chi connectivity index (χ1n) is 7.50. The van der Waals surface area contributed by atoms with E-state index in [1.807, 2.05) is 31.2 Å². The van der Waals surface area contributed by atoms with Gasteiger partial charge in [-0.05, 0) is 56.8 Å². The second kappa shape index (κ2) is 7.95. The zero-order chi connectivity index (χ0) is 14.2. The molecular weight excluding hydrogens is 250 g/mol. The third kappa shape index (κ3) is 4.89. The molecule has 1 aliphatic carbocycles. The van der Waals surface area contributed by atoms with Gasteiger partial charge in [0.15, 0.2) is 11.5 Å². The second-order valence-electron chi connectivity index (χ2n) is 5.19. The van der Waals surface area contributed by atoms with E-state index in [9.17, 15) is 0 Å². The molecule has 0 saturated heterocycles. The number of benzene rings is 1. The summed E-state index contributed by atoms with van der Waals surface area (Å²) >= 11 is 0. The lowest BCUT2D eigenvalue weighted by Gasteiger charge is -2.11. The summed E-state index contributed by atoms with van der Waals surface area (Å²) in [6.07, 6.45) is 9.01. The van der Waals surface area contributed by atoms with E-state index in [-0.39, 0.29) is 0 Å². The Labute approximate surface area is 122 Å². The molecule has 1 aromatic rings. The first kappa shape index (κ1) is 14.9. The molecule has 0 aromatic heterocycles. The molecule has 20 heavy (non-hydrogen) atoms. The molecule has 0 amide bonds. The number of allylic oxidation sites excluding steroid dienone is 1. The van der Waals surface area contributed by atoms with Crippen LogP contribution in [0.15, 0.2) is 24.3 Å². The maximum Gasteiger partial charge on any atom is 0.161 e. The normalized spacial score (nSPS) is 14.7. The van der Waals surface area contributed by atoms with Crippen LogP contribution in [0, 0.1) is 0 Å². The van der Waals surface area contributed by atoms with Crippen molar-refractivity contribution in [3.63, 3.8) is 0 Å². The molecule has 1 aromatic carbocycles. The lowest BCUT2D eigenvalue weighted by Crippen LogP contribution is -2.17. The van der Waals surface area contributed by atoms with Gasteiger partial charge in [0.05, 0.1) is 13.7 Å². The van der Waals surface area contributed by atoms with Gasteiger partial charge in [-0.1, -0.05) is 18.2 Å². The Morgan fingerprint density at radius 1 is 1.25 bits per heavy atom. The van der Waals surface area contributed by atoms with E-state index in [2.05, 4.69) is 11.4 Å². The minimum Gasteiger partial charge on any atom is -0.493 e. The van der Waals surface area contributed by atoms with E-state index in [0.29, 0.717) is 0 Å². The lowest BCUT2D eigenvalue weighted by atomic mass is 10.2. The van der Waals surface area contributed by atoms with Gasteiger partial charge in [0.25, 0.3) is 0 Å². The third-order valence-electron chi connectivity index (χ3n) is 3.39. The van der Waals surface area contributed by atoms with Crippen molar-refractivity contribution in [1.82, 2.24) is 5.32 Å². The van der Waals surface area contributed by atoms with Crippen LogP contribution in [-0.2, 0) is 0 Å². The van der Waals surface area contributed by atoms with Crippen LogP contribution in [0.25, 0.3) is 6.08 Å². The fraction of sp³-hybridized carbons (Fsp3) is 0.529. The van der Waals surface area contributed by atoms with Crippen molar-refractivity contribution in [1.29, 1.82) is 0 Å². The van der Waals surface area contributed by atoms with Crippen molar-refractivity contribution in [2.45, 2.75) is 38.6 Å². The van der Waals surface area contributed by atoms with Gasteiger partial charge in [-0.2, -0.15) is 0 Å². The van der Waals surface area contributed by atoms with Crippen molar-refractivity contribution in [2.75, 3.05) is 20.3 Å². The Morgan fingerprint density at radius 3 is 2.80 bits per heavy atom. The molecule has 0 heterocycles. The van der Waals surface area contributed by atoms with Crippen LogP contribution in [0.1, 0.15) is 38.2 Å². The van der Waals surface area contributed by atoms with Crippen LogP contribution in [0.4, 0.5) is 0 Å². The molecule has 2 rings (SSSR count). The van der Waals surface area contributed by atoms with Crippen LogP contribution >= 0.6 is 0 Å². The summed E-state index contributed by atoms with van der Waals surface area (Å²) in [6, 6.07) is 6.84. The predicted octanol–water partition coefficient (Wildman–Crippen LogP) is 3.64. The number of unbranched alkanes of at least 4 members (excludes halogenated alkanes) is 1. The second-order valence-corrected chi connectivity index (χ2v) is 5.19. The molecule has 1 aliphatic rings. The summed E-state index contributed by atoms with van der Waals surface area (Å²) in [5, 5.41) is 3.51. The van der Waals surface area contributed by atoms with Gasteiger partial charge >= 0.3 is 0 Å². The molecule has 0 bridgehead atoms. The molecule has 1 fully saturated rings. The maximum absolute atomic E-state index is 5.81. The van der Waals surface area contributed by atoms with E-state index in [4.69, 9.17) is 9.47 Å². The summed E-state index contributed by atoms with van der Waals surface area (Å²) in [7, 11) is 1.68. The lowest BCUT2D eigenvalue weighted by molar-refractivity contribution is 0.285. The van der Waals surface area contributed by atoms with Crippen LogP contribution in [0.5, 0.6) is 11.5 Å². The molecule has 0 atom stereocenters. The quantitative estimate of drug-likeness (QED) is 0.698. The highest BCUT2D eigenvalue weighted by molar-refractivity contribution is 5.55. The number of nitrogens with one attached hydrogen (secondary N) is 1. The van der Waals surface area contributed by atoms with Gasteiger partial charge in [0.2, 0.25) is 0 Å². The van der Waals surface area contributed by atoms with Crippen molar-refractivity contribution >= 4 is 6.08 Å². The Balaban J connectivity index is 1.73. The Morgan fingerprint density at radius 2 is 2.10 bits per heavy atom. The van der Waals surface area contributed by atoms with E-state index < -0.39 is 0 Å². The molecular formula is C17H25NO2. The zero-order valence-electron chi connectivity index (χ0n) is 12.5. The van der Waals surface area contributed by atoms with Crippen LogP contribution in [-0.4, -0.2) is 26.3 Å². The number of methoxy groups -OCH3 is 1. The summed E-state index contributed by atoms with van der Waals surface area (Å²) in [6.45, 7) is 3.85. The molecule has 3 heteroatoms. The molecule has 0 unspecified atom stereocenters. The fourth-order valence-corrected chi connectivity index (χ4v) is 2.10. The summed E-state index contributed by atoms with van der Waals surface area (Å²) in [4.78, 5) is 0. The standard InChI is InChI=1S/C17H25NO2/c1-3-6-14-7-10-16(17(13-14)19-2)20-12-5-4-11-18-15-8-9-15/h3,6-7,10,13,15,18H,4-5,8-9,11-12H2,1-2H3. The van der Waals surface area contributed by atoms with E-state index in [1.54, 1.807) is 7.11 Å². The highest BCUT2D eigenvalue weighted by Gasteiger charge is 2.19. The van der Waals surface area contributed by atoms with E-state index in [1.165, 1.54) is 12.8 Å². The monoisotopic (exact) mass is 275 g/mol. The van der Waals surface area contributed by atoms with Crippen molar-refractivity contribution in [3.8, 4) is 11.5 Å². The van der Waals surface area contributed by atoms with Gasteiger partial charge in [-0.25, -0.2) is 0 Å². The number of hydrogen-bond donors (Lipinski definition) is 1. The average Bonchev–Trinajstić information content (AvgIpc) is 3.28. The highest BCUT2D eigenvalue weighted by Crippen LogP contribution is 2.28. The highest BCUT2D eigenvalue weighted by atomic mass is 16.5. The van der Waals surface area contributed by atoms with Gasteiger partial charge < -0.3 is 14.8 Å². The summed E-state index contributed by atoms with van der Waals surface area (Å²) < 4.78 is 11.2. The van der Waals surface area contributed by atoms with E-state index in [0.717, 1.165) is 49.1 Å². The minimum absolute atomic E-state index is 0.742. The Hall–Kier alpha value is -1.48. The van der Waals surface area contributed by atoms with Gasteiger partial charge in [-0.3, -0.25) is 0 Å². The summed E-state index contributed by atoms with van der Waals surface area (Å²) in [5.41, 5.74) is 1.13. The van der Waals surface area contributed by atoms with Gasteiger partial charge in [0.1, 0.15) is 0 Å². The maximum atomic E-state index is 5.81. The predicted molar refractivity (Wildman–Crippen MR) is 83.5 cm³/mol. The molecule has 3 nitrogen and oxygen atoms in total. The van der Waals surface area contributed by atoms with Crippen molar-refractivity contribution in [2.24, 2.45) is 0 Å². The molecule has 1 N–H and O–H groups in total. The molecule has 0 spiro atoms. The Kier molecular flexibility index (Phi) is 5.93. The van der Waals surface area contributed by atoms with Gasteiger partial charge in [0, 0.05) is 6.04 Å². The van der Waals surface area contributed by atoms with Crippen molar-refractivity contribution in [3.05, 3.63) is 29.8 Å². The largest absolute Gasteiger partial charge is 0.493 e. The number of ether oxygens (including phenoxy) is 2.